The lowest BCUT2D eigenvalue weighted by Gasteiger charge is -2.30. The number of aliphatic hydroxyl groups excluding tert-OH is 2. The van der Waals surface area contributed by atoms with E-state index in [1.54, 1.807) is 52.0 Å². The van der Waals surface area contributed by atoms with Crippen LogP contribution in [-0.4, -0.2) is 234 Å². The van der Waals surface area contributed by atoms with Gasteiger partial charge in [0.1, 0.15) is 66.2 Å². The zero-order valence-electron chi connectivity index (χ0n) is 58.0. The van der Waals surface area contributed by atoms with E-state index in [0.717, 1.165) is 13.8 Å². The second-order valence-electron chi connectivity index (χ2n) is 24.4. The number of phenols is 1. The number of aromatic hydroxyl groups is 1. The maximum absolute atomic E-state index is 14.8. The quantitative estimate of drug-likeness (QED) is 0.0142. The third kappa shape index (κ3) is 32.4. The SMILES string of the molecule is CC(=O)O.CC[C@H](C)[C@H](NC(=O)[C@H](Cc1ccc(O)cc1)NC(=O)[C@H](CC(=O)O)NC(=O)CNC(=O)[C@H](CCCN=C(N)N)NC(=O)CN)C(=O)N[C@@H](Cc1c[nH]c2ccccc12)C(=O)N[C@@H](CO)C(=O)N[C@@H](CC(C)C)C(=O)N[C@@H](CC(=O)O)C(=O)N[C@H](C(=O)N[C@@H](CCC(N)=O)C(=O)O)[C@@H](C)O. The third-order valence-corrected chi connectivity index (χ3v) is 15.3. The number of carboxylic acids is 4. The second-order valence-corrected chi connectivity index (χ2v) is 24.4. The van der Waals surface area contributed by atoms with Crippen LogP contribution < -0.4 is 81.4 Å². The molecular formula is C64H95N17O23. The number of aromatic nitrogens is 1. The fourth-order valence-corrected chi connectivity index (χ4v) is 9.80. The molecule has 0 aliphatic rings. The van der Waals surface area contributed by atoms with Crippen LogP contribution in [0.4, 0.5) is 0 Å². The fourth-order valence-electron chi connectivity index (χ4n) is 9.80. The number of nitrogens with two attached hydrogens (primary N) is 4. The number of hydrogen-bond donors (Lipinski definition) is 23. The Morgan fingerprint density at radius 2 is 1.03 bits per heavy atom. The van der Waals surface area contributed by atoms with Gasteiger partial charge in [0, 0.05) is 49.8 Å². The number of para-hydroxylation sites is 1. The molecule has 0 spiro atoms. The van der Waals surface area contributed by atoms with Crippen LogP contribution in [-0.2, 0) is 89.6 Å². The van der Waals surface area contributed by atoms with Crippen LogP contribution in [0.25, 0.3) is 10.9 Å². The van der Waals surface area contributed by atoms with Crippen LogP contribution in [0.2, 0.25) is 0 Å². The molecule has 2 aromatic carbocycles. The topological polar surface area (TPSA) is 679 Å². The molecule has 1 aromatic heterocycles. The number of primary amides is 1. The Hall–Kier alpha value is -11.5. The number of aliphatic hydroxyl groups is 2. The van der Waals surface area contributed by atoms with Crippen molar-refractivity contribution in [1.29, 1.82) is 0 Å². The number of fused-ring (bicyclic) bond motifs is 1. The van der Waals surface area contributed by atoms with Gasteiger partial charge in [0.05, 0.1) is 38.6 Å². The standard InChI is InChI=1S/C62H91N17O21.C2H4O2/c1-6-30(4)50(78-56(94)40(21-32-13-15-34(82)16-14-32)74-55(93)42(23-48(86)87)71-47(85)27-69-52(90)37(70-46(84)25-63)12-9-19-67-62(65)66)59(97)76-41(22-33-26-68-36-11-8-7-10-35(33)36)54(92)77-44(28-80)58(96)73-39(20-29(2)3)53(91)75-43(24-49(88)89)57(95)79-51(31(5)81)60(98)72-38(61(99)100)17-18-45(64)83;1-2(3)4/h7-8,10-11,13-16,26,29-31,37-44,50-51,68,80-82H,6,9,12,17-25,27-28,63H2,1-5H3,(H2,64,83)(H,69,90)(H,70,84)(H,71,85)(H,72,98)(H,73,96)(H,74,93)(H,75,91)(H,76,97)(H,77,92)(H,78,94)(H,79,95)(H,86,87)(H,88,89)(H,99,100)(H4,65,66,67);1H3,(H,3,4)/t30-,31+,37-,38-,39-,40-,41-,42-,43-,44-,50-,51-;/m0./s1. The van der Waals surface area contributed by atoms with Crippen molar-refractivity contribution >= 4 is 112 Å². The van der Waals surface area contributed by atoms with Crippen molar-refractivity contribution in [2.24, 2.45) is 39.8 Å². The number of aliphatic imine (C=N–C) groups is 1. The molecule has 0 saturated carbocycles. The number of hydrogen-bond acceptors (Lipinski definition) is 21. The van der Waals surface area contributed by atoms with Crippen LogP contribution >= 0.6 is 0 Å². The summed E-state index contributed by atoms with van der Waals surface area (Å²) < 4.78 is 0. The third-order valence-electron chi connectivity index (χ3n) is 15.3. The van der Waals surface area contributed by atoms with Gasteiger partial charge in [-0.15, -0.1) is 0 Å². The average Bonchev–Trinajstić information content (AvgIpc) is 1.66. The summed E-state index contributed by atoms with van der Waals surface area (Å²) in [5, 5.41) is 94.0. The van der Waals surface area contributed by atoms with E-state index >= 15 is 0 Å². The molecule has 0 aliphatic heterocycles. The minimum Gasteiger partial charge on any atom is -0.508 e. The molecule has 12 amide bonds. The molecule has 574 valence electrons. The van der Waals surface area contributed by atoms with Crippen molar-refractivity contribution in [3.63, 3.8) is 0 Å². The number of nitrogens with zero attached hydrogens (tertiary/aromatic N) is 1. The maximum atomic E-state index is 14.8. The molecule has 0 aliphatic carbocycles. The minimum atomic E-state index is -2.04. The monoisotopic (exact) mass is 1470 g/mol. The molecule has 0 fully saturated rings. The summed E-state index contributed by atoms with van der Waals surface area (Å²) in [7, 11) is 0. The van der Waals surface area contributed by atoms with E-state index in [0.29, 0.717) is 22.0 Å². The fraction of sp³-hybridized carbons (Fsp3) is 0.516. The van der Waals surface area contributed by atoms with E-state index < -0.39 is 225 Å². The highest BCUT2D eigenvalue weighted by Gasteiger charge is 2.39. The predicted octanol–water partition coefficient (Wildman–Crippen LogP) is -6.51. The molecule has 0 saturated heterocycles. The smallest absolute Gasteiger partial charge is 0.326 e. The molecule has 3 rings (SSSR count). The van der Waals surface area contributed by atoms with E-state index in [2.05, 4.69) is 63.1 Å². The molecule has 0 unspecified atom stereocenters. The van der Waals surface area contributed by atoms with Gasteiger partial charge >= 0.3 is 17.9 Å². The summed E-state index contributed by atoms with van der Waals surface area (Å²) in [6, 6.07) is -5.33. The van der Waals surface area contributed by atoms with Crippen molar-refractivity contribution in [3.8, 4) is 5.75 Å². The summed E-state index contributed by atoms with van der Waals surface area (Å²) in [4.78, 5) is 215. The number of carbonyl (C=O) groups excluding carboxylic acids is 12. The first-order valence-corrected chi connectivity index (χ1v) is 32.6. The molecule has 27 N–H and O–H groups in total. The Morgan fingerprint density at radius 1 is 0.548 bits per heavy atom. The van der Waals surface area contributed by atoms with Crippen LogP contribution in [0.3, 0.4) is 0 Å². The number of aromatic amines is 1. The number of phenolic OH excluding ortho intramolecular Hbond substituents is 1. The van der Waals surface area contributed by atoms with Crippen molar-refractivity contribution in [2.45, 2.75) is 172 Å². The number of carbonyl (C=O) groups is 16. The molecule has 0 radical (unpaired) electrons. The molecule has 40 heteroatoms. The first-order valence-electron chi connectivity index (χ1n) is 32.6. The Balaban J connectivity index is 0.00000894. The minimum absolute atomic E-state index is 0.0209. The van der Waals surface area contributed by atoms with Gasteiger partial charge in [0.2, 0.25) is 70.9 Å². The van der Waals surface area contributed by atoms with Crippen LogP contribution in [0.1, 0.15) is 104 Å². The van der Waals surface area contributed by atoms with Gasteiger partial charge in [-0.3, -0.25) is 76.9 Å². The Kier molecular flexibility index (Phi) is 38.0. The van der Waals surface area contributed by atoms with Gasteiger partial charge in [-0.25, -0.2) is 4.79 Å². The zero-order chi connectivity index (χ0) is 78.7. The van der Waals surface area contributed by atoms with Crippen molar-refractivity contribution in [1.82, 2.24) is 63.5 Å². The second kappa shape index (κ2) is 44.6. The van der Waals surface area contributed by atoms with Crippen LogP contribution in [0.15, 0.2) is 59.7 Å². The van der Waals surface area contributed by atoms with Gasteiger partial charge in [-0.1, -0.05) is 64.4 Å². The maximum Gasteiger partial charge on any atom is 0.326 e. The first kappa shape index (κ1) is 88.5. The van der Waals surface area contributed by atoms with Gasteiger partial charge in [-0.2, -0.15) is 0 Å². The molecule has 3 aromatic rings. The van der Waals surface area contributed by atoms with Crippen LogP contribution in [0.5, 0.6) is 5.75 Å². The normalized spacial score (nSPS) is 14.3. The van der Waals surface area contributed by atoms with E-state index in [1.807, 2.05) is 5.32 Å². The van der Waals surface area contributed by atoms with Crippen molar-refractivity contribution in [3.05, 3.63) is 65.9 Å². The lowest BCUT2D eigenvalue weighted by Crippen LogP contribution is -2.62. The number of aliphatic carboxylic acids is 4. The Morgan fingerprint density at radius 3 is 1.58 bits per heavy atom. The number of amides is 12. The number of rotatable bonds is 44. The summed E-state index contributed by atoms with van der Waals surface area (Å²) in [6.45, 7) is 6.10. The molecule has 1 heterocycles. The summed E-state index contributed by atoms with van der Waals surface area (Å²) in [5.74, 6) is -20.5. The Bertz CT molecular complexity index is 3520. The lowest BCUT2D eigenvalue weighted by molar-refractivity contribution is -0.144. The van der Waals surface area contributed by atoms with Crippen molar-refractivity contribution < 1.29 is 112 Å². The summed E-state index contributed by atoms with van der Waals surface area (Å²) >= 11 is 0. The number of H-pyrrole nitrogens is 1. The van der Waals surface area contributed by atoms with E-state index in [4.69, 9.17) is 32.8 Å². The van der Waals surface area contributed by atoms with Gasteiger partial charge in [-0.05, 0) is 73.8 Å². The highest BCUT2D eigenvalue weighted by molar-refractivity contribution is 6.00. The zero-order valence-corrected chi connectivity index (χ0v) is 58.0. The number of guanidine groups is 1. The largest absolute Gasteiger partial charge is 0.508 e. The number of carboxylic acid groups (broad SMARTS) is 4. The van der Waals surface area contributed by atoms with Crippen molar-refractivity contribution in [2.75, 3.05) is 26.2 Å². The molecule has 12 atom stereocenters. The summed E-state index contributed by atoms with van der Waals surface area (Å²) in [6.07, 6.45) is -4.07. The molecule has 40 nitrogen and oxygen atoms in total. The predicted molar refractivity (Wildman–Crippen MR) is 367 cm³/mol. The van der Waals surface area contributed by atoms with E-state index in [9.17, 15) is 103 Å². The molecule has 104 heavy (non-hydrogen) atoms. The first-order chi connectivity index (χ1) is 48.8. The Labute approximate surface area is 595 Å². The van der Waals surface area contributed by atoms with E-state index in [1.165, 1.54) is 30.5 Å². The number of benzene rings is 2. The van der Waals surface area contributed by atoms with E-state index in [-0.39, 0.29) is 50.4 Å². The van der Waals surface area contributed by atoms with Gasteiger partial charge in [0.15, 0.2) is 5.96 Å². The summed E-state index contributed by atoms with van der Waals surface area (Å²) in [5.41, 5.74) is 22.6. The molecular weight excluding hydrogens is 1370 g/mol. The van der Waals surface area contributed by atoms with Crippen LogP contribution in [0, 0.1) is 11.8 Å². The van der Waals surface area contributed by atoms with Gasteiger partial charge in [0.25, 0.3) is 5.97 Å². The molecule has 0 bridgehead atoms. The average molecular weight is 1470 g/mol. The lowest BCUT2D eigenvalue weighted by atomic mass is 9.96. The number of nitrogens with one attached hydrogen (secondary N) is 12. The van der Waals surface area contributed by atoms with Gasteiger partial charge < -0.3 is 122 Å². The highest BCUT2D eigenvalue weighted by atomic mass is 16.4. The highest BCUT2D eigenvalue weighted by Crippen LogP contribution is 2.21.